The third-order valence-electron chi connectivity index (χ3n) is 5.32. The van der Waals surface area contributed by atoms with Crippen molar-refractivity contribution in [3.05, 3.63) is 19.5 Å². The number of aldehydes is 2. The van der Waals surface area contributed by atoms with Gasteiger partial charge < -0.3 is 18.9 Å². The molecule has 0 fully saturated rings. The monoisotopic (exact) mass is 536 g/mol. The van der Waals surface area contributed by atoms with E-state index in [0.717, 1.165) is 73.7 Å². The van der Waals surface area contributed by atoms with Crippen LogP contribution in [-0.2, 0) is 0 Å². The Morgan fingerprint density at radius 1 is 0.500 bits per heavy atom. The maximum absolute atomic E-state index is 11.8. The smallest absolute Gasteiger partial charge is 0.183 e. The van der Waals surface area contributed by atoms with Gasteiger partial charge in [0.1, 0.15) is 9.75 Å². The molecule has 0 atom stereocenters. The van der Waals surface area contributed by atoms with Crippen LogP contribution in [0.5, 0.6) is 23.0 Å². The zero-order valence-corrected chi connectivity index (χ0v) is 23.7. The molecule has 0 unspecified atom stereocenters. The molecule has 0 amide bonds. The van der Waals surface area contributed by atoms with Crippen molar-refractivity contribution in [1.82, 2.24) is 0 Å². The lowest BCUT2D eigenvalue weighted by atomic mass is 10.3. The topological polar surface area (TPSA) is 71.1 Å². The SMILES string of the molecule is CCCCOc1c(C=O)sc(/C=C/c2sc(C=O)c(OCCCC)c2OCCCC)c1OCCCC. The fraction of sp³-hybridized carbons (Fsp3) is 0.571. The van der Waals surface area contributed by atoms with E-state index in [-0.39, 0.29) is 0 Å². The number of hydrogen-bond donors (Lipinski definition) is 0. The summed E-state index contributed by atoms with van der Waals surface area (Å²) in [4.78, 5) is 26.3. The highest BCUT2D eigenvalue weighted by atomic mass is 32.1. The first kappa shape index (κ1) is 29.9. The standard InChI is InChI=1S/C28H40O6S2/c1-5-9-15-31-25-21(35-23(19-29)27(25)33-17-11-7-3)13-14-22-26(32-16-10-6-2)28(24(20-30)36-22)34-18-12-8-4/h13-14,19-20H,5-12,15-18H2,1-4H3/b14-13+. The Kier molecular flexibility index (Phi) is 14.3. The van der Waals surface area contributed by atoms with Crippen LogP contribution in [-0.4, -0.2) is 39.0 Å². The number of carbonyl (C=O) groups excluding carboxylic acids is 2. The second-order valence-electron chi connectivity index (χ2n) is 8.35. The molecular formula is C28H40O6S2. The fourth-order valence-electron chi connectivity index (χ4n) is 3.22. The maximum Gasteiger partial charge on any atom is 0.183 e. The number of ether oxygens (including phenoxy) is 4. The minimum Gasteiger partial charge on any atom is -0.488 e. The summed E-state index contributed by atoms with van der Waals surface area (Å²) in [5.74, 6) is 2.23. The lowest BCUT2D eigenvalue weighted by Gasteiger charge is -2.11. The van der Waals surface area contributed by atoms with Gasteiger partial charge in [0, 0.05) is 0 Å². The first-order valence-electron chi connectivity index (χ1n) is 13.1. The predicted molar refractivity (Wildman–Crippen MR) is 150 cm³/mol. The van der Waals surface area contributed by atoms with Crippen molar-refractivity contribution >= 4 is 47.4 Å². The third-order valence-corrected chi connectivity index (χ3v) is 7.41. The average Bonchev–Trinajstić information content (AvgIpc) is 3.40. The van der Waals surface area contributed by atoms with Crippen LogP contribution in [0.25, 0.3) is 12.2 Å². The summed E-state index contributed by atoms with van der Waals surface area (Å²) in [5, 5.41) is 0. The van der Waals surface area contributed by atoms with Gasteiger partial charge in [-0.25, -0.2) is 0 Å². The van der Waals surface area contributed by atoms with E-state index in [1.165, 1.54) is 22.7 Å². The van der Waals surface area contributed by atoms with Crippen LogP contribution in [0.3, 0.4) is 0 Å². The number of thiophene rings is 2. The molecule has 0 aliphatic heterocycles. The summed E-state index contributed by atoms with van der Waals surface area (Å²) in [5.41, 5.74) is 0. The summed E-state index contributed by atoms with van der Waals surface area (Å²) in [7, 11) is 0. The summed E-state index contributed by atoms with van der Waals surface area (Å²) < 4.78 is 24.2. The molecule has 36 heavy (non-hydrogen) atoms. The van der Waals surface area contributed by atoms with Crippen LogP contribution in [0.4, 0.5) is 0 Å². The van der Waals surface area contributed by atoms with Crippen molar-refractivity contribution in [3.63, 3.8) is 0 Å². The van der Waals surface area contributed by atoms with Gasteiger partial charge in [-0.3, -0.25) is 9.59 Å². The number of unbranched alkanes of at least 4 members (excludes halogenated alkanes) is 4. The Morgan fingerprint density at radius 3 is 1.03 bits per heavy atom. The Bertz CT molecular complexity index is 884. The van der Waals surface area contributed by atoms with E-state index in [0.29, 0.717) is 59.2 Å². The van der Waals surface area contributed by atoms with E-state index in [4.69, 9.17) is 18.9 Å². The van der Waals surface area contributed by atoms with Gasteiger partial charge in [-0.2, -0.15) is 0 Å². The van der Waals surface area contributed by atoms with Crippen molar-refractivity contribution in [1.29, 1.82) is 0 Å². The van der Waals surface area contributed by atoms with Gasteiger partial charge in [0.15, 0.2) is 35.6 Å². The zero-order chi connectivity index (χ0) is 26.2. The maximum atomic E-state index is 11.8. The Labute approximate surface area is 223 Å². The van der Waals surface area contributed by atoms with E-state index >= 15 is 0 Å². The van der Waals surface area contributed by atoms with Crippen molar-refractivity contribution in [3.8, 4) is 23.0 Å². The molecule has 0 radical (unpaired) electrons. The molecule has 0 saturated heterocycles. The number of hydrogen-bond acceptors (Lipinski definition) is 8. The molecule has 0 N–H and O–H groups in total. The van der Waals surface area contributed by atoms with Gasteiger partial charge in [-0.05, 0) is 37.8 Å². The number of carbonyl (C=O) groups is 2. The molecule has 6 nitrogen and oxygen atoms in total. The molecule has 8 heteroatoms. The predicted octanol–water partition coefficient (Wildman–Crippen LogP) is 8.32. The molecule has 0 aliphatic rings. The highest BCUT2D eigenvalue weighted by molar-refractivity contribution is 7.16. The van der Waals surface area contributed by atoms with Crippen LogP contribution in [0.1, 0.15) is 108 Å². The molecule has 0 spiro atoms. The van der Waals surface area contributed by atoms with Gasteiger partial charge >= 0.3 is 0 Å². The van der Waals surface area contributed by atoms with E-state index in [9.17, 15) is 9.59 Å². The molecule has 2 aromatic rings. The van der Waals surface area contributed by atoms with Crippen LogP contribution in [0, 0.1) is 0 Å². The van der Waals surface area contributed by atoms with Crippen LogP contribution in [0.15, 0.2) is 0 Å². The summed E-state index contributed by atoms with van der Waals surface area (Å²) in [6.07, 6.45) is 13.1. The van der Waals surface area contributed by atoms with E-state index in [2.05, 4.69) is 27.7 Å². The van der Waals surface area contributed by atoms with Crippen LogP contribution >= 0.6 is 22.7 Å². The fourth-order valence-corrected chi connectivity index (χ4v) is 5.04. The zero-order valence-electron chi connectivity index (χ0n) is 22.1. The molecule has 0 bridgehead atoms. The second-order valence-corrected chi connectivity index (χ2v) is 10.5. The van der Waals surface area contributed by atoms with Gasteiger partial charge in [0.25, 0.3) is 0 Å². The van der Waals surface area contributed by atoms with E-state index in [1.807, 2.05) is 12.2 Å². The van der Waals surface area contributed by atoms with Crippen LogP contribution < -0.4 is 18.9 Å². The van der Waals surface area contributed by atoms with E-state index in [1.54, 1.807) is 0 Å². The third kappa shape index (κ3) is 8.66. The van der Waals surface area contributed by atoms with Crippen molar-refractivity contribution in [2.75, 3.05) is 26.4 Å². The lowest BCUT2D eigenvalue weighted by molar-refractivity contribution is 0.111. The highest BCUT2D eigenvalue weighted by Gasteiger charge is 2.22. The minimum atomic E-state index is 0.514. The molecule has 0 aliphatic carbocycles. The summed E-state index contributed by atoms with van der Waals surface area (Å²) >= 11 is 2.68. The second kappa shape index (κ2) is 17.2. The molecule has 2 rings (SSSR count). The molecule has 0 aromatic carbocycles. The van der Waals surface area contributed by atoms with Crippen LogP contribution in [0.2, 0.25) is 0 Å². The Morgan fingerprint density at radius 2 is 0.778 bits per heavy atom. The van der Waals surface area contributed by atoms with Gasteiger partial charge in [-0.1, -0.05) is 53.4 Å². The summed E-state index contributed by atoms with van der Waals surface area (Å²) in [6.45, 7) is 10.6. The Balaban J connectivity index is 2.45. The van der Waals surface area contributed by atoms with Gasteiger partial charge in [0.2, 0.25) is 0 Å². The normalized spacial score (nSPS) is 11.1. The minimum absolute atomic E-state index is 0.514. The first-order valence-corrected chi connectivity index (χ1v) is 14.7. The van der Waals surface area contributed by atoms with E-state index < -0.39 is 0 Å². The van der Waals surface area contributed by atoms with Crippen molar-refractivity contribution in [2.45, 2.75) is 79.1 Å². The molecular weight excluding hydrogens is 496 g/mol. The molecule has 2 aromatic heterocycles. The quantitative estimate of drug-likeness (QED) is 0.125. The van der Waals surface area contributed by atoms with Crippen molar-refractivity contribution < 1.29 is 28.5 Å². The highest BCUT2D eigenvalue weighted by Crippen LogP contribution is 2.46. The number of rotatable bonds is 20. The van der Waals surface area contributed by atoms with Crippen molar-refractivity contribution in [2.24, 2.45) is 0 Å². The Hall–Kier alpha value is -2.32. The van der Waals surface area contributed by atoms with Gasteiger partial charge in [-0.15, -0.1) is 22.7 Å². The lowest BCUT2D eigenvalue weighted by Crippen LogP contribution is -2.02. The molecule has 200 valence electrons. The summed E-state index contributed by atoms with van der Waals surface area (Å²) in [6, 6.07) is 0. The van der Waals surface area contributed by atoms with Gasteiger partial charge in [0.05, 0.1) is 36.2 Å². The molecule has 2 heterocycles. The molecule has 0 saturated carbocycles. The first-order chi connectivity index (χ1) is 17.6. The largest absolute Gasteiger partial charge is 0.488 e. The average molecular weight is 537 g/mol.